The molecule has 0 atom stereocenters. The van der Waals surface area contributed by atoms with E-state index in [0.717, 1.165) is 17.9 Å². The summed E-state index contributed by atoms with van der Waals surface area (Å²) in [4.78, 5) is 12.6. The predicted octanol–water partition coefficient (Wildman–Crippen LogP) is 3.63. The van der Waals surface area contributed by atoms with Crippen molar-refractivity contribution < 1.29 is 14.3 Å². The van der Waals surface area contributed by atoms with Gasteiger partial charge in [-0.05, 0) is 49.7 Å². The van der Waals surface area contributed by atoms with Crippen molar-refractivity contribution in [1.82, 2.24) is 15.0 Å². The summed E-state index contributed by atoms with van der Waals surface area (Å²) in [6.07, 6.45) is 0.944. The van der Waals surface area contributed by atoms with Gasteiger partial charge in [0.05, 0.1) is 19.4 Å². The van der Waals surface area contributed by atoms with Crippen LogP contribution in [0.15, 0.2) is 48.5 Å². The van der Waals surface area contributed by atoms with Crippen LogP contribution in [0.4, 0.5) is 5.69 Å². The fraction of sp³-hybridized carbons (Fsp3) is 0.250. The van der Waals surface area contributed by atoms with Crippen LogP contribution in [0.1, 0.15) is 29.5 Å². The molecule has 7 heteroatoms. The van der Waals surface area contributed by atoms with Gasteiger partial charge >= 0.3 is 0 Å². The van der Waals surface area contributed by atoms with E-state index < -0.39 is 0 Å². The number of methoxy groups -OCH3 is 1. The Bertz CT molecular complexity index is 919. The number of nitrogens with zero attached hydrogens (tertiary/aromatic N) is 3. The average Bonchev–Trinajstić information content (AvgIpc) is 3.08. The van der Waals surface area contributed by atoms with Crippen LogP contribution >= 0.6 is 0 Å². The highest BCUT2D eigenvalue weighted by Crippen LogP contribution is 2.23. The van der Waals surface area contributed by atoms with Crippen molar-refractivity contribution in [2.45, 2.75) is 20.3 Å². The molecule has 1 N–H and O–H groups in total. The summed E-state index contributed by atoms with van der Waals surface area (Å²) in [7, 11) is 1.59. The summed E-state index contributed by atoms with van der Waals surface area (Å²) in [5.74, 6) is 1.10. The Morgan fingerprint density at radius 1 is 1.15 bits per heavy atom. The molecular formula is C20H22N4O3. The third kappa shape index (κ3) is 4.08. The molecule has 27 heavy (non-hydrogen) atoms. The molecule has 2 aromatic carbocycles. The van der Waals surface area contributed by atoms with Crippen LogP contribution in [-0.2, 0) is 0 Å². The van der Waals surface area contributed by atoms with Crippen molar-refractivity contribution in [2.24, 2.45) is 0 Å². The highest BCUT2D eigenvalue weighted by atomic mass is 16.5. The molecule has 0 saturated heterocycles. The molecule has 3 aromatic rings. The SMILES string of the molecule is CCCOc1ccc(NC(=O)c2nnn(-c3ccccc3OC)c2C)cc1. The van der Waals surface area contributed by atoms with Crippen molar-refractivity contribution >= 4 is 11.6 Å². The van der Waals surface area contributed by atoms with Crippen molar-refractivity contribution in [1.29, 1.82) is 0 Å². The second-order valence-electron chi connectivity index (χ2n) is 5.93. The van der Waals surface area contributed by atoms with Crippen LogP contribution in [0.25, 0.3) is 5.69 Å². The van der Waals surface area contributed by atoms with E-state index in [9.17, 15) is 4.79 Å². The third-order valence-electron chi connectivity index (χ3n) is 4.01. The Morgan fingerprint density at radius 2 is 1.89 bits per heavy atom. The zero-order valence-corrected chi connectivity index (χ0v) is 15.6. The number of para-hydroxylation sites is 2. The summed E-state index contributed by atoms with van der Waals surface area (Å²) in [5, 5.41) is 11.0. The zero-order valence-electron chi connectivity index (χ0n) is 15.6. The number of aromatic nitrogens is 3. The highest BCUT2D eigenvalue weighted by molar-refractivity contribution is 6.03. The lowest BCUT2D eigenvalue weighted by Crippen LogP contribution is -2.14. The molecule has 1 heterocycles. The summed E-state index contributed by atoms with van der Waals surface area (Å²) in [5.41, 5.74) is 2.27. The molecule has 0 bridgehead atoms. The van der Waals surface area contributed by atoms with Crippen LogP contribution in [0.5, 0.6) is 11.5 Å². The number of hydrogen-bond donors (Lipinski definition) is 1. The van der Waals surface area contributed by atoms with Crippen LogP contribution in [0.2, 0.25) is 0 Å². The van der Waals surface area contributed by atoms with Crippen molar-refractivity contribution in [3.05, 3.63) is 59.9 Å². The minimum Gasteiger partial charge on any atom is -0.494 e. The fourth-order valence-electron chi connectivity index (χ4n) is 2.62. The number of benzene rings is 2. The summed E-state index contributed by atoms with van der Waals surface area (Å²) in [6.45, 7) is 4.51. The Kier molecular flexibility index (Phi) is 5.71. The molecule has 0 spiro atoms. The summed E-state index contributed by atoms with van der Waals surface area (Å²) in [6, 6.07) is 14.7. The number of carbonyl (C=O) groups is 1. The van der Waals surface area contributed by atoms with Gasteiger partial charge in [-0.15, -0.1) is 5.10 Å². The topological polar surface area (TPSA) is 78.3 Å². The van der Waals surface area contributed by atoms with Gasteiger partial charge in [-0.25, -0.2) is 4.68 Å². The molecular weight excluding hydrogens is 344 g/mol. The van der Waals surface area contributed by atoms with Gasteiger partial charge in [0, 0.05) is 5.69 Å². The number of hydrogen-bond acceptors (Lipinski definition) is 5. The molecule has 1 aromatic heterocycles. The van der Waals surface area contributed by atoms with Crippen LogP contribution in [0, 0.1) is 6.92 Å². The van der Waals surface area contributed by atoms with Gasteiger partial charge in [0.15, 0.2) is 5.69 Å². The molecule has 3 rings (SSSR count). The molecule has 140 valence electrons. The number of carbonyl (C=O) groups excluding carboxylic acids is 1. The smallest absolute Gasteiger partial charge is 0.278 e. The lowest BCUT2D eigenvalue weighted by atomic mass is 10.2. The van der Waals surface area contributed by atoms with Gasteiger partial charge in [0.2, 0.25) is 0 Å². The van der Waals surface area contributed by atoms with E-state index in [1.54, 1.807) is 30.8 Å². The monoisotopic (exact) mass is 366 g/mol. The molecule has 0 radical (unpaired) electrons. The van der Waals surface area contributed by atoms with E-state index in [-0.39, 0.29) is 11.6 Å². The number of ether oxygens (including phenoxy) is 2. The number of nitrogens with one attached hydrogen (secondary N) is 1. The van der Waals surface area contributed by atoms with Gasteiger partial charge < -0.3 is 14.8 Å². The van der Waals surface area contributed by atoms with Crippen molar-refractivity contribution in [3.8, 4) is 17.2 Å². The molecule has 0 fully saturated rings. The third-order valence-corrected chi connectivity index (χ3v) is 4.01. The minimum atomic E-state index is -0.323. The lowest BCUT2D eigenvalue weighted by Gasteiger charge is -2.09. The highest BCUT2D eigenvalue weighted by Gasteiger charge is 2.19. The first-order chi connectivity index (χ1) is 13.1. The molecule has 1 amide bonds. The summed E-state index contributed by atoms with van der Waals surface area (Å²) < 4.78 is 12.5. The van der Waals surface area contributed by atoms with Crippen LogP contribution < -0.4 is 14.8 Å². The summed E-state index contributed by atoms with van der Waals surface area (Å²) >= 11 is 0. The largest absolute Gasteiger partial charge is 0.494 e. The average molecular weight is 366 g/mol. The van der Waals surface area contributed by atoms with Crippen molar-refractivity contribution in [2.75, 3.05) is 19.0 Å². The Balaban J connectivity index is 1.77. The maximum Gasteiger partial charge on any atom is 0.278 e. The molecule has 0 aliphatic heterocycles. The van der Waals surface area contributed by atoms with Crippen LogP contribution in [0.3, 0.4) is 0 Å². The first-order valence-electron chi connectivity index (χ1n) is 8.74. The zero-order chi connectivity index (χ0) is 19.2. The van der Waals surface area contributed by atoms with Crippen LogP contribution in [-0.4, -0.2) is 34.6 Å². The molecule has 7 nitrogen and oxygen atoms in total. The molecule has 0 aliphatic carbocycles. The quantitative estimate of drug-likeness (QED) is 0.691. The lowest BCUT2D eigenvalue weighted by molar-refractivity contribution is 0.102. The standard InChI is InChI=1S/C20H22N4O3/c1-4-13-27-16-11-9-15(10-12-16)21-20(25)19-14(2)24(23-22-19)17-7-5-6-8-18(17)26-3/h5-12H,4,13H2,1-3H3,(H,21,25). The van der Waals surface area contributed by atoms with E-state index in [2.05, 4.69) is 22.6 Å². The van der Waals surface area contributed by atoms with E-state index in [1.165, 1.54) is 0 Å². The van der Waals surface area contributed by atoms with E-state index >= 15 is 0 Å². The predicted molar refractivity (Wildman–Crippen MR) is 103 cm³/mol. The van der Waals surface area contributed by atoms with Gasteiger partial charge in [0.1, 0.15) is 17.2 Å². The Hall–Kier alpha value is -3.35. The maximum absolute atomic E-state index is 12.6. The number of rotatable bonds is 7. The van der Waals surface area contributed by atoms with E-state index in [1.807, 2.05) is 36.4 Å². The molecule has 0 aliphatic rings. The van der Waals surface area contributed by atoms with E-state index in [0.29, 0.717) is 23.7 Å². The van der Waals surface area contributed by atoms with E-state index in [4.69, 9.17) is 9.47 Å². The second-order valence-corrected chi connectivity index (χ2v) is 5.93. The van der Waals surface area contributed by atoms with Gasteiger partial charge in [-0.2, -0.15) is 0 Å². The minimum absolute atomic E-state index is 0.257. The van der Waals surface area contributed by atoms with Crippen molar-refractivity contribution in [3.63, 3.8) is 0 Å². The first-order valence-corrected chi connectivity index (χ1v) is 8.74. The van der Waals surface area contributed by atoms with Gasteiger partial charge in [-0.1, -0.05) is 24.3 Å². The van der Waals surface area contributed by atoms with Gasteiger partial charge in [-0.3, -0.25) is 4.79 Å². The number of amides is 1. The molecule has 0 saturated carbocycles. The van der Waals surface area contributed by atoms with Gasteiger partial charge in [0.25, 0.3) is 5.91 Å². The maximum atomic E-state index is 12.6. The second kappa shape index (κ2) is 8.35. The number of anilines is 1. The Labute approximate surface area is 157 Å². The normalized spacial score (nSPS) is 10.5. The Morgan fingerprint density at radius 3 is 2.59 bits per heavy atom. The first kappa shape index (κ1) is 18.4. The molecule has 0 unspecified atom stereocenters. The fourth-order valence-corrected chi connectivity index (χ4v) is 2.62.